The summed E-state index contributed by atoms with van der Waals surface area (Å²) in [5.41, 5.74) is 3.52. The van der Waals surface area contributed by atoms with E-state index in [2.05, 4.69) is 10.3 Å². The number of nitrogens with one attached hydrogen (secondary N) is 1. The van der Waals surface area contributed by atoms with Crippen molar-refractivity contribution < 1.29 is 24.5 Å². The molecule has 0 aliphatic carbocycles. The molecule has 2 aromatic heterocycles. The van der Waals surface area contributed by atoms with Gasteiger partial charge in [-0.15, -0.1) is 0 Å². The Hall–Kier alpha value is -3.55. The molecular formula is C23H27N3O5. The van der Waals surface area contributed by atoms with E-state index in [-0.39, 0.29) is 17.0 Å². The van der Waals surface area contributed by atoms with Gasteiger partial charge in [0, 0.05) is 11.9 Å². The second-order valence-corrected chi connectivity index (χ2v) is 8.60. The molecule has 0 aliphatic rings. The number of carbonyl (C=O) groups is 2. The van der Waals surface area contributed by atoms with Crippen molar-refractivity contribution in [3.63, 3.8) is 0 Å². The molecule has 3 rings (SSSR count). The number of carboxylic acid groups (broad SMARTS) is 1. The molecule has 8 nitrogen and oxygen atoms in total. The van der Waals surface area contributed by atoms with Gasteiger partial charge in [0.25, 0.3) is 0 Å². The number of benzene rings is 1. The Morgan fingerprint density at radius 2 is 1.74 bits per heavy atom. The number of rotatable bonds is 3. The number of fused-ring (bicyclic) bond motifs is 1. The first kappa shape index (κ1) is 22.1. The first-order chi connectivity index (χ1) is 14.3. The number of imidazole rings is 1. The predicted molar refractivity (Wildman–Crippen MR) is 118 cm³/mol. The summed E-state index contributed by atoms with van der Waals surface area (Å²) in [6.45, 7) is 12.4. The summed E-state index contributed by atoms with van der Waals surface area (Å²) in [7, 11) is 0. The van der Waals surface area contributed by atoms with Crippen molar-refractivity contribution in [2.75, 3.05) is 5.32 Å². The van der Waals surface area contributed by atoms with Crippen LogP contribution in [0.25, 0.3) is 16.8 Å². The van der Waals surface area contributed by atoms with E-state index in [4.69, 9.17) is 4.74 Å². The van der Waals surface area contributed by atoms with Crippen LogP contribution in [0.4, 0.5) is 10.5 Å². The SMILES string of the molecule is Cc1ccc(O)c(C)c1-c1c(NC(=O)OC(C)(C)C)c(C(=O)O)cn2c(C)c(C)nc12. The number of aromatic carboxylic acids is 1. The highest BCUT2D eigenvalue weighted by atomic mass is 16.6. The highest BCUT2D eigenvalue weighted by Gasteiger charge is 2.27. The minimum Gasteiger partial charge on any atom is -0.508 e. The maximum absolute atomic E-state index is 12.6. The molecule has 31 heavy (non-hydrogen) atoms. The first-order valence-corrected chi connectivity index (χ1v) is 9.87. The lowest BCUT2D eigenvalue weighted by molar-refractivity contribution is 0.0636. The number of hydrogen-bond acceptors (Lipinski definition) is 5. The van der Waals surface area contributed by atoms with Gasteiger partial charge < -0.3 is 19.4 Å². The fourth-order valence-electron chi connectivity index (χ4n) is 3.56. The largest absolute Gasteiger partial charge is 0.508 e. The molecule has 8 heteroatoms. The van der Waals surface area contributed by atoms with Crippen LogP contribution in [0, 0.1) is 27.7 Å². The molecule has 0 unspecified atom stereocenters. The van der Waals surface area contributed by atoms with Crippen molar-refractivity contribution in [2.24, 2.45) is 0 Å². The molecule has 164 valence electrons. The average molecular weight is 425 g/mol. The minimum absolute atomic E-state index is 0.0581. The molecule has 2 heterocycles. The van der Waals surface area contributed by atoms with Crippen LogP contribution >= 0.6 is 0 Å². The Morgan fingerprint density at radius 3 is 2.32 bits per heavy atom. The van der Waals surface area contributed by atoms with Gasteiger partial charge in [0.15, 0.2) is 0 Å². The molecule has 1 aromatic carbocycles. The van der Waals surface area contributed by atoms with Gasteiger partial charge in [-0.2, -0.15) is 0 Å². The van der Waals surface area contributed by atoms with E-state index >= 15 is 0 Å². The Labute approximate surface area is 180 Å². The maximum atomic E-state index is 12.6. The molecule has 0 saturated carbocycles. The van der Waals surface area contributed by atoms with Crippen LogP contribution in [-0.4, -0.2) is 37.3 Å². The Kier molecular flexibility index (Phi) is 5.43. The molecule has 0 aliphatic heterocycles. The predicted octanol–water partition coefficient (Wildman–Crippen LogP) is 4.99. The summed E-state index contributed by atoms with van der Waals surface area (Å²) < 4.78 is 7.06. The zero-order valence-electron chi connectivity index (χ0n) is 18.7. The van der Waals surface area contributed by atoms with E-state index in [1.54, 1.807) is 44.2 Å². The summed E-state index contributed by atoms with van der Waals surface area (Å²) in [5.74, 6) is -1.15. The van der Waals surface area contributed by atoms with Crippen LogP contribution < -0.4 is 5.32 Å². The van der Waals surface area contributed by atoms with Gasteiger partial charge in [-0.3, -0.25) is 5.32 Å². The van der Waals surface area contributed by atoms with E-state index in [1.807, 2.05) is 20.8 Å². The summed E-state index contributed by atoms with van der Waals surface area (Å²) >= 11 is 0. The van der Waals surface area contributed by atoms with Crippen LogP contribution in [0.3, 0.4) is 0 Å². The number of phenols is 1. The summed E-state index contributed by atoms with van der Waals surface area (Å²) in [4.78, 5) is 29.5. The number of anilines is 1. The second-order valence-electron chi connectivity index (χ2n) is 8.60. The van der Waals surface area contributed by atoms with Gasteiger partial charge in [-0.25, -0.2) is 14.6 Å². The molecule has 1 amide bonds. The third kappa shape index (κ3) is 4.05. The number of aromatic hydroxyl groups is 1. The minimum atomic E-state index is -1.21. The number of pyridine rings is 1. The average Bonchev–Trinajstić information content (AvgIpc) is 2.92. The normalized spacial score (nSPS) is 11.6. The number of amides is 1. The summed E-state index contributed by atoms with van der Waals surface area (Å²) in [6, 6.07) is 3.32. The number of ether oxygens (including phenoxy) is 1. The quantitative estimate of drug-likeness (QED) is 0.545. The van der Waals surface area contributed by atoms with E-state index in [9.17, 15) is 19.8 Å². The van der Waals surface area contributed by atoms with Gasteiger partial charge in [0.1, 0.15) is 22.6 Å². The molecular weight excluding hydrogens is 398 g/mol. The second kappa shape index (κ2) is 7.61. The number of nitrogens with zero attached hydrogens (tertiary/aromatic N) is 2. The van der Waals surface area contributed by atoms with E-state index in [0.717, 1.165) is 17.0 Å². The zero-order valence-corrected chi connectivity index (χ0v) is 18.7. The number of hydrogen-bond donors (Lipinski definition) is 3. The molecule has 0 bridgehead atoms. The maximum Gasteiger partial charge on any atom is 0.412 e. The topological polar surface area (TPSA) is 113 Å². The smallest absolute Gasteiger partial charge is 0.412 e. The Morgan fingerprint density at radius 1 is 1.10 bits per heavy atom. The van der Waals surface area contributed by atoms with Crippen LogP contribution in [0.2, 0.25) is 0 Å². The monoisotopic (exact) mass is 425 g/mol. The van der Waals surface area contributed by atoms with Crippen molar-refractivity contribution in [1.29, 1.82) is 0 Å². The lowest BCUT2D eigenvalue weighted by atomic mass is 9.93. The van der Waals surface area contributed by atoms with Gasteiger partial charge in [-0.05, 0) is 71.2 Å². The van der Waals surface area contributed by atoms with Gasteiger partial charge in [0.2, 0.25) is 0 Å². The van der Waals surface area contributed by atoms with Crippen molar-refractivity contribution in [3.8, 4) is 16.9 Å². The van der Waals surface area contributed by atoms with Crippen LogP contribution in [-0.2, 0) is 4.74 Å². The fourth-order valence-corrected chi connectivity index (χ4v) is 3.56. The van der Waals surface area contributed by atoms with Gasteiger partial charge in [-0.1, -0.05) is 6.07 Å². The van der Waals surface area contributed by atoms with Crippen molar-refractivity contribution in [3.05, 3.63) is 46.4 Å². The van der Waals surface area contributed by atoms with E-state index in [1.165, 1.54) is 6.20 Å². The zero-order chi connectivity index (χ0) is 23.2. The van der Waals surface area contributed by atoms with E-state index in [0.29, 0.717) is 22.3 Å². The molecule has 0 saturated heterocycles. The lowest BCUT2D eigenvalue weighted by Gasteiger charge is -2.22. The first-order valence-electron chi connectivity index (χ1n) is 9.87. The van der Waals surface area contributed by atoms with Crippen molar-refractivity contribution in [2.45, 2.75) is 54.1 Å². The number of aryl methyl sites for hydroxylation is 3. The van der Waals surface area contributed by atoms with E-state index < -0.39 is 17.7 Å². The van der Waals surface area contributed by atoms with Gasteiger partial charge in [0.05, 0.1) is 16.9 Å². The fraction of sp³-hybridized carbons (Fsp3) is 0.348. The number of carbonyl (C=O) groups excluding carboxylic acids is 1. The summed E-state index contributed by atoms with van der Waals surface area (Å²) in [5, 5.41) is 23.0. The molecule has 0 fully saturated rings. The number of carboxylic acids is 1. The third-order valence-electron chi connectivity index (χ3n) is 5.14. The Bertz CT molecular complexity index is 1220. The van der Waals surface area contributed by atoms with Crippen LogP contribution in [0.5, 0.6) is 5.75 Å². The number of aromatic nitrogens is 2. The highest BCUT2D eigenvalue weighted by molar-refractivity contribution is 6.07. The van der Waals surface area contributed by atoms with Crippen molar-refractivity contribution >= 4 is 23.4 Å². The third-order valence-corrected chi connectivity index (χ3v) is 5.14. The Balaban J connectivity index is 2.45. The molecule has 0 atom stereocenters. The standard InChI is InChI=1S/C23H27N3O5/c1-11-8-9-16(27)12(2)17(11)18-19(25-22(30)31-23(5,6)7)15(21(28)29)10-26-14(4)13(3)24-20(18)26/h8-10,27H,1-7H3,(H,25,30)(H,28,29). The number of phenolic OH excluding ortho intramolecular Hbond substituents is 1. The molecule has 0 spiro atoms. The molecule has 3 aromatic rings. The summed E-state index contributed by atoms with van der Waals surface area (Å²) in [6.07, 6.45) is 0.660. The van der Waals surface area contributed by atoms with Crippen LogP contribution in [0.1, 0.15) is 53.6 Å². The van der Waals surface area contributed by atoms with Gasteiger partial charge >= 0.3 is 12.1 Å². The lowest BCUT2D eigenvalue weighted by Crippen LogP contribution is -2.28. The molecule has 3 N–H and O–H groups in total. The molecule has 0 radical (unpaired) electrons. The van der Waals surface area contributed by atoms with Crippen LogP contribution in [0.15, 0.2) is 18.3 Å². The van der Waals surface area contributed by atoms with Crippen molar-refractivity contribution in [1.82, 2.24) is 9.38 Å². The highest BCUT2D eigenvalue weighted by Crippen LogP contribution is 2.41.